The van der Waals surface area contributed by atoms with Gasteiger partial charge in [0.25, 0.3) is 0 Å². The molecule has 0 aromatic heterocycles. The van der Waals surface area contributed by atoms with Crippen LogP contribution in [0.4, 0.5) is 0 Å². The molecule has 366 valence electrons. The first-order valence-corrected chi connectivity index (χ1v) is 22.2. The Kier molecular flexibility index (Phi) is 17.1. The zero-order chi connectivity index (χ0) is 50.1. The molecule has 0 aromatic carbocycles. The van der Waals surface area contributed by atoms with Crippen molar-refractivity contribution < 1.29 is 109 Å². The second-order valence-electron chi connectivity index (χ2n) is 22.3. The van der Waals surface area contributed by atoms with Crippen LogP contribution in [0.15, 0.2) is 0 Å². The molecule has 2 saturated heterocycles. The third-order valence-corrected chi connectivity index (χ3v) is 15.1. The molecule has 2 heterocycles. The molecule has 4 unspecified atom stereocenters. The summed E-state index contributed by atoms with van der Waals surface area (Å²) in [7, 11) is -2.79. The van der Waals surface area contributed by atoms with E-state index in [0.717, 1.165) is 7.11 Å². The summed E-state index contributed by atoms with van der Waals surface area (Å²) < 4.78 is 91.3. The Hall–Kier alpha value is -1.94. The van der Waals surface area contributed by atoms with Gasteiger partial charge in [0, 0.05) is 24.9 Å². The van der Waals surface area contributed by atoms with Crippen LogP contribution in [0.5, 0.6) is 0 Å². The van der Waals surface area contributed by atoms with Crippen LogP contribution in [0.3, 0.4) is 0 Å². The molecule has 0 bridgehead atoms. The predicted octanol–water partition coefficient (Wildman–Crippen LogP) is 2.33. The largest absolute Gasteiger partial charge is 1.00 e. The van der Waals surface area contributed by atoms with E-state index in [4.69, 9.17) is 42.1 Å². The topological polar surface area (TPSA) is 238 Å². The van der Waals surface area contributed by atoms with E-state index in [9.17, 15) is 36.9 Å². The minimum Gasteiger partial charge on any atom is -0.726 e. The maximum absolute atomic E-state index is 14.4. The SMILES string of the molecule is COC(=O)C1(C)OC(C)(COC[C@]2(C)C(C)(C)C(C)(COS(=O)(=O)[O-])OC(C)(OC)[C@@]2(C)NC(C)=O)[C@@](C)(OC(=O)C(C)(C)C)[C@@](C)(OC(=O)C(C)(C)C)[C@]1(C)OC(=O)C(C)(C)C.[Na+]. The Bertz CT molecular complexity index is 1920. The molecule has 0 aliphatic carbocycles. The van der Waals surface area contributed by atoms with Crippen molar-refractivity contribution >= 4 is 40.2 Å². The average Bonchev–Trinajstić information content (AvgIpc) is 3.09. The first-order valence-electron chi connectivity index (χ1n) is 20.9. The summed E-state index contributed by atoms with van der Waals surface area (Å²) >= 11 is 0. The molecule has 2 aliphatic heterocycles. The monoisotopic (exact) mass is 945 g/mol. The van der Waals surface area contributed by atoms with E-state index < -0.39 is 125 Å². The maximum Gasteiger partial charge on any atom is 1.00 e. The number of esters is 4. The molecular formula is C44H76NNaO17S. The van der Waals surface area contributed by atoms with Crippen molar-refractivity contribution in [2.75, 3.05) is 34.0 Å². The van der Waals surface area contributed by atoms with Crippen LogP contribution in [-0.4, -0.2) is 122 Å². The molecule has 2 fully saturated rings. The van der Waals surface area contributed by atoms with Crippen molar-refractivity contribution in [3.05, 3.63) is 0 Å². The van der Waals surface area contributed by atoms with E-state index in [1.54, 1.807) is 90.0 Å². The number of carbonyl (C=O) groups excluding carboxylic acids is 5. The number of amides is 1. The molecule has 2 rings (SSSR count). The fourth-order valence-electron chi connectivity index (χ4n) is 8.66. The average molecular weight is 946 g/mol. The van der Waals surface area contributed by atoms with Gasteiger partial charge in [-0.3, -0.25) is 23.4 Å². The van der Waals surface area contributed by atoms with Gasteiger partial charge in [-0.05, 0) is 118 Å². The fourth-order valence-corrected chi connectivity index (χ4v) is 9.03. The van der Waals surface area contributed by atoms with Gasteiger partial charge < -0.3 is 47.8 Å². The number of hydrogen-bond donors (Lipinski definition) is 1. The number of ether oxygens (including phenoxy) is 8. The summed E-state index contributed by atoms with van der Waals surface area (Å²) in [5.41, 5.74) is -20.7. The standard InChI is InChI=1S/C44H77NO17S.Na/c1-27(46)45-40(17)36(13,35(11,12)37(14,26-57-63(51,52)53)62-44(40,21)55-23)24-56-25-38(15)41(18,58-28(47)32(2,3)4)43(20,60-30(49)34(8,9)10)42(19,59-29(48)33(5,6)7)39(16,61-38)31(50)54-22;/h24-26H2,1-23H3,(H,45,46)(H,51,52,53);/q;+1/p-1/t36-,37?,38?,39?,40+,41-,42-,43-,44?;/m1./s1. The summed E-state index contributed by atoms with van der Waals surface area (Å²) in [6.45, 7) is 30.9. The smallest absolute Gasteiger partial charge is 0.726 e. The Labute approximate surface area is 403 Å². The molecule has 2 aliphatic rings. The summed E-state index contributed by atoms with van der Waals surface area (Å²) in [5.74, 6) is -5.74. The summed E-state index contributed by atoms with van der Waals surface area (Å²) in [6, 6.07) is 0. The Morgan fingerprint density at radius 1 is 0.609 bits per heavy atom. The van der Waals surface area contributed by atoms with Crippen molar-refractivity contribution in [3.63, 3.8) is 0 Å². The molecule has 9 atom stereocenters. The minimum absolute atomic E-state index is 0. The minimum atomic E-state index is -5.22. The Morgan fingerprint density at radius 2 is 1.02 bits per heavy atom. The van der Waals surface area contributed by atoms with Crippen LogP contribution in [0.25, 0.3) is 0 Å². The van der Waals surface area contributed by atoms with Crippen LogP contribution in [-0.2, 0) is 76.4 Å². The van der Waals surface area contributed by atoms with Crippen LogP contribution in [0.2, 0.25) is 0 Å². The van der Waals surface area contributed by atoms with Gasteiger partial charge in [-0.2, -0.15) is 0 Å². The van der Waals surface area contributed by atoms with Crippen molar-refractivity contribution in [1.82, 2.24) is 5.32 Å². The zero-order valence-electron chi connectivity index (χ0n) is 43.0. The van der Waals surface area contributed by atoms with Crippen LogP contribution in [0, 0.1) is 27.1 Å². The fraction of sp³-hybridized carbons (Fsp3) is 0.886. The van der Waals surface area contributed by atoms with E-state index in [2.05, 4.69) is 5.32 Å². The van der Waals surface area contributed by atoms with Crippen molar-refractivity contribution in [1.29, 1.82) is 0 Å². The molecule has 18 nitrogen and oxygen atoms in total. The van der Waals surface area contributed by atoms with E-state index in [1.807, 2.05) is 0 Å². The first-order chi connectivity index (χ1) is 27.7. The van der Waals surface area contributed by atoms with E-state index in [1.165, 1.54) is 62.5 Å². The molecule has 0 radical (unpaired) electrons. The first kappa shape index (κ1) is 60.1. The molecule has 0 saturated carbocycles. The number of hydrogen-bond acceptors (Lipinski definition) is 17. The quantitative estimate of drug-likeness (QED) is 0.0917. The summed E-state index contributed by atoms with van der Waals surface area (Å²) in [4.78, 5) is 70.1. The summed E-state index contributed by atoms with van der Waals surface area (Å²) in [6.07, 6.45) is 0. The second-order valence-corrected chi connectivity index (χ2v) is 23.3. The third-order valence-electron chi connectivity index (χ3n) is 14.7. The molecular weight excluding hydrogens is 870 g/mol. The zero-order valence-corrected chi connectivity index (χ0v) is 45.8. The molecule has 0 aromatic rings. The van der Waals surface area contributed by atoms with Gasteiger partial charge in [0.15, 0.2) is 22.6 Å². The molecule has 64 heavy (non-hydrogen) atoms. The summed E-state index contributed by atoms with van der Waals surface area (Å²) in [5, 5.41) is 2.98. The Morgan fingerprint density at radius 3 is 1.38 bits per heavy atom. The normalized spacial score (nSPS) is 36.8. The second kappa shape index (κ2) is 18.2. The number of nitrogens with one attached hydrogen (secondary N) is 1. The number of methoxy groups -OCH3 is 2. The molecule has 20 heteroatoms. The molecule has 0 spiro atoms. The van der Waals surface area contributed by atoms with E-state index in [0.29, 0.717) is 0 Å². The van der Waals surface area contributed by atoms with Crippen molar-refractivity contribution in [2.45, 2.75) is 190 Å². The number of carbonyl (C=O) groups is 5. The number of rotatable bonds is 13. The Balaban J connectivity index is 0.0000205. The molecule has 1 amide bonds. The van der Waals surface area contributed by atoms with E-state index >= 15 is 0 Å². The van der Waals surface area contributed by atoms with Gasteiger partial charge in [-0.15, -0.1) is 0 Å². The van der Waals surface area contributed by atoms with Gasteiger partial charge in [0.1, 0.15) is 5.60 Å². The van der Waals surface area contributed by atoms with Gasteiger partial charge in [0.2, 0.25) is 21.9 Å². The van der Waals surface area contributed by atoms with Crippen molar-refractivity contribution in [2.24, 2.45) is 27.1 Å². The van der Waals surface area contributed by atoms with Gasteiger partial charge in [-0.25, -0.2) is 13.2 Å². The third kappa shape index (κ3) is 9.82. The van der Waals surface area contributed by atoms with Crippen LogP contribution >= 0.6 is 0 Å². The van der Waals surface area contributed by atoms with Gasteiger partial charge >= 0.3 is 53.4 Å². The van der Waals surface area contributed by atoms with Crippen LogP contribution in [0.1, 0.15) is 145 Å². The van der Waals surface area contributed by atoms with Gasteiger partial charge in [0.05, 0.1) is 54.3 Å². The van der Waals surface area contributed by atoms with Crippen molar-refractivity contribution in [3.8, 4) is 0 Å². The van der Waals surface area contributed by atoms with Crippen LogP contribution < -0.4 is 34.9 Å². The van der Waals surface area contributed by atoms with Gasteiger partial charge in [-0.1, -0.05) is 20.8 Å². The maximum atomic E-state index is 14.4. The predicted molar refractivity (Wildman–Crippen MR) is 227 cm³/mol. The molecule has 1 N–H and O–H groups in total. The van der Waals surface area contributed by atoms with E-state index in [-0.39, 0.29) is 36.2 Å².